The van der Waals surface area contributed by atoms with Gasteiger partial charge >= 0.3 is 0 Å². The van der Waals surface area contributed by atoms with Crippen molar-refractivity contribution < 1.29 is 4.68 Å². The zero-order chi connectivity index (χ0) is 9.35. The summed E-state index contributed by atoms with van der Waals surface area (Å²) >= 11 is 0. The van der Waals surface area contributed by atoms with Crippen molar-refractivity contribution in [3.63, 3.8) is 0 Å². The molecule has 0 fully saturated rings. The smallest absolute Gasteiger partial charge is 0.156 e. The summed E-state index contributed by atoms with van der Waals surface area (Å²) in [5, 5.41) is 0. The Bertz CT molecular complexity index is 253. The van der Waals surface area contributed by atoms with Gasteiger partial charge in [0, 0.05) is 6.07 Å². The van der Waals surface area contributed by atoms with E-state index >= 15 is 0 Å². The third-order valence-electron chi connectivity index (χ3n) is 1.93. The van der Waals surface area contributed by atoms with E-state index in [0.29, 0.717) is 6.04 Å². The molecule has 0 saturated carbocycles. The Hall–Kier alpha value is -0.790. The lowest BCUT2D eigenvalue weighted by molar-refractivity contribution is -0.797. The van der Waals surface area contributed by atoms with E-state index in [9.17, 15) is 0 Å². The third kappa shape index (κ3) is 1.68. The molecule has 1 aromatic rings. The minimum atomic E-state index is 0.174. The van der Waals surface area contributed by atoms with E-state index in [1.165, 1.54) is 0 Å². The fourth-order valence-corrected chi connectivity index (χ4v) is 1.35. The van der Waals surface area contributed by atoms with Crippen molar-refractivity contribution in [3.8, 4) is 0 Å². The lowest BCUT2D eigenvalue weighted by Gasteiger charge is -2.19. The van der Waals surface area contributed by atoms with Crippen LogP contribution < -0.4 is 4.68 Å². The van der Waals surface area contributed by atoms with E-state index in [0.717, 1.165) is 0 Å². The highest BCUT2D eigenvalue weighted by atomic mass is 15.4. The molecule has 12 heavy (non-hydrogen) atoms. The molecular weight excluding hydrogens is 148 g/mol. The standard InChI is InChI=1S/C10H19N2/c1-9(2)11-7-6-8-12(11)10(3,4)5/h6-9H,1-5H3/q+1. The second-order valence-corrected chi connectivity index (χ2v) is 4.48. The first kappa shape index (κ1) is 9.30. The van der Waals surface area contributed by atoms with Gasteiger partial charge in [-0.15, -0.1) is 4.68 Å². The van der Waals surface area contributed by atoms with Crippen molar-refractivity contribution in [2.75, 3.05) is 0 Å². The van der Waals surface area contributed by atoms with Crippen LogP contribution in [-0.2, 0) is 5.54 Å². The van der Waals surface area contributed by atoms with Gasteiger partial charge in [0.2, 0.25) is 0 Å². The number of rotatable bonds is 1. The predicted octanol–water partition coefficient (Wildman–Crippen LogP) is 2.11. The minimum absolute atomic E-state index is 0.174. The molecule has 0 bridgehead atoms. The Morgan fingerprint density at radius 1 is 1.25 bits per heavy atom. The number of aromatic nitrogens is 2. The molecule has 0 atom stereocenters. The summed E-state index contributed by atoms with van der Waals surface area (Å²) in [6.07, 6.45) is 4.25. The maximum Gasteiger partial charge on any atom is 0.195 e. The first-order chi connectivity index (χ1) is 5.43. The van der Waals surface area contributed by atoms with Crippen molar-refractivity contribution in [1.29, 1.82) is 0 Å². The summed E-state index contributed by atoms with van der Waals surface area (Å²) in [5.41, 5.74) is 0.174. The van der Waals surface area contributed by atoms with Crippen LogP contribution in [0.3, 0.4) is 0 Å². The molecule has 1 rings (SSSR count). The second kappa shape index (κ2) is 2.92. The van der Waals surface area contributed by atoms with Crippen LogP contribution in [0.5, 0.6) is 0 Å². The molecule has 0 radical (unpaired) electrons. The first-order valence-electron chi connectivity index (χ1n) is 4.52. The van der Waals surface area contributed by atoms with Crippen LogP contribution in [0.4, 0.5) is 0 Å². The molecule has 1 aromatic heterocycles. The first-order valence-corrected chi connectivity index (χ1v) is 4.52. The highest BCUT2D eigenvalue weighted by molar-refractivity contribution is 4.78. The number of hydrogen-bond acceptors (Lipinski definition) is 0. The number of nitrogens with zero attached hydrogens (tertiary/aromatic N) is 2. The highest BCUT2D eigenvalue weighted by Crippen LogP contribution is 2.11. The maximum atomic E-state index is 2.26. The van der Waals surface area contributed by atoms with Crippen LogP contribution in [0.1, 0.15) is 40.7 Å². The van der Waals surface area contributed by atoms with E-state index in [1.807, 2.05) is 0 Å². The van der Waals surface area contributed by atoms with Gasteiger partial charge in [-0.3, -0.25) is 0 Å². The summed E-state index contributed by atoms with van der Waals surface area (Å²) in [4.78, 5) is 0. The molecular formula is C10H19N2+. The van der Waals surface area contributed by atoms with E-state index in [2.05, 4.69) is 62.4 Å². The SMILES string of the molecule is CC(C)[n+]1cccn1C(C)(C)C. The molecule has 0 unspecified atom stereocenters. The van der Waals surface area contributed by atoms with Gasteiger partial charge in [0.05, 0.1) is 11.7 Å². The predicted molar refractivity (Wildman–Crippen MR) is 50.0 cm³/mol. The van der Waals surface area contributed by atoms with Gasteiger partial charge in [-0.05, 0) is 34.6 Å². The number of hydrogen-bond donors (Lipinski definition) is 0. The van der Waals surface area contributed by atoms with Gasteiger partial charge in [0.1, 0.15) is 0 Å². The molecule has 0 saturated heterocycles. The fraction of sp³-hybridized carbons (Fsp3) is 0.700. The van der Waals surface area contributed by atoms with Gasteiger partial charge in [-0.1, -0.05) is 0 Å². The Morgan fingerprint density at radius 2 is 1.83 bits per heavy atom. The maximum absolute atomic E-state index is 2.26. The van der Waals surface area contributed by atoms with E-state index in [-0.39, 0.29) is 5.54 Å². The van der Waals surface area contributed by atoms with Gasteiger partial charge in [0.25, 0.3) is 0 Å². The van der Waals surface area contributed by atoms with Crippen molar-refractivity contribution in [1.82, 2.24) is 4.68 Å². The molecule has 2 heteroatoms. The largest absolute Gasteiger partial charge is 0.195 e. The van der Waals surface area contributed by atoms with Crippen LogP contribution in [0.15, 0.2) is 18.5 Å². The van der Waals surface area contributed by atoms with Crippen molar-refractivity contribution in [2.24, 2.45) is 0 Å². The van der Waals surface area contributed by atoms with Crippen LogP contribution in [0.2, 0.25) is 0 Å². The molecule has 0 amide bonds. The summed E-state index contributed by atoms with van der Waals surface area (Å²) in [7, 11) is 0. The lowest BCUT2D eigenvalue weighted by atomic mass is 10.1. The van der Waals surface area contributed by atoms with Crippen LogP contribution in [0.25, 0.3) is 0 Å². The van der Waals surface area contributed by atoms with Crippen LogP contribution in [0, 0.1) is 0 Å². The van der Waals surface area contributed by atoms with Gasteiger partial charge in [0.15, 0.2) is 12.2 Å². The second-order valence-electron chi connectivity index (χ2n) is 4.48. The molecule has 0 aliphatic heterocycles. The Morgan fingerprint density at radius 3 is 2.17 bits per heavy atom. The Kier molecular flexibility index (Phi) is 2.27. The lowest BCUT2D eigenvalue weighted by Crippen LogP contribution is -2.50. The Balaban J connectivity index is 3.08. The van der Waals surface area contributed by atoms with E-state index in [4.69, 9.17) is 0 Å². The molecule has 0 spiro atoms. The van der Waals surface area contributed by atoms with Gasteiger partial charge < -0.3 is 0 Å². The monoisotopic (exact) mass is 167 g/mol. The summed E-state index contributed by atoms with van der Waals surface area (Å²) in [6.45, 7) is 11.0. The molecule has 0 aliphatic rings. The fourth-order valence-electron chi connectivity index (χ4n) is 1.35. The van der Waals surface area contributed by atoms with Crippen LogP contribution >= 0.6 is 0 Å². The van der Waals surface area contributed by atoms with Crippen molar-refractivity contribution in [3.05, 3.63) is 18.5 Å². The minimum Gasteiger partial charge on any atom is -0.156 e. The normalized spacial score (nSPS) is 12.5. The average molecular weight is 167 g/mol. The van der Waals surface area contributed by atoms with Gasteiger partial charge in [-0.2, -0.15) is 4.68 Å². The molecule has 0 aliphatic carbocycles. The van der Waals surface area contributed by atoms with Crippen molar-refractivity contribution in [2.45, 2.75) is 46.2 Å². The van der Waals surface area contributed by atoms with Crippen LogP contribution in [-0.4, -0.2) is 4.68 Å². The van der Waals surface area contributed by atoms with E-state index < -0.39 is 0 Å². The molecule has 2 nitrogen and oxygen atoms in total. The summed E-state index contributed by atoms with van der Waals surface area (Å²) < 4.78 is 4.51. The zero-order valence-electron chi connectivity index (χ0n) is 8.70. The molecule has 68 valence electrons. The molecule has 0 N–H and O–H groups in total. The van der Waals surface area contributed by atoms with E-state index in [1.54, 1.807) is 0 Å². The van der Waals surface area contributed by atoms with Gasteiger partial charge in [-0.25, -0.2) is 0 Å². The third-order valence-corrected chi connectivity index (χ3v) is 1.93. The molecule has 1 heterocycles. The van der Waals surface area contributed by atoms with Crippen molar-refractivity contribution >= 4 is 0 Å². The quantitative estimate of drug-likeness (QED) is 0.566. The Labute approximate surface area is 74.8 Å². The average Bonchev–Trinajstić information content (AvgIpc) is 2.30. The zero-order valence-corrected chi connectivity index (χ0v) is 8.70. The summed E-state index contributed by atoms with van der Waals surface area (Å²) in [5.74, 6) is 0. The summed E-state index contributed by atoms with van der Waals surface area (Å²) in [6, 6.07) is 2.62. The molecule has 0 aromatic carbocycles. The highest BCUT2D eigenvalue weighted by Gasteiger charge is 2.22. The topological polar surface area (TPSA) is 8.81 Å².